The maximum atomic E-state index is 12.8. The number of rotatable bonds is 5. The van der Waals surface area contributed by atoms with E-state index in [2.05, 4.69) is 15.9 Å². The number of piperidine rings is 1. The molecule has 1 aliphatic heterocycles. The van der Waals surface area contributed by atoms with Crippen LogP contribution in [0.5, 0.6) is 0 Å². The second-order valence-electron chi connectivity index (χ2n) is 5.23. The summed E-state index contributed by atoms with van der Waals surface area (Å²) >= 11 is 9.15. The lowest BCUT2D eigenvalue weighted by atomic mass is 10.0. The molecule has 1 aromatic carbocycles. The molecule has 0 radical (unpaired) electrons. The van der Waals surface area contributed by atoms with Gasteiger partial charge >= 0.3 is 0 Å². The van der Waals surface area contributed by atoms with E-state index in [0.29, 0.717) is 34.9 Å². The van der Waals surface area contributed by atoms with Crippen LogP contribution in [0.25, 0.3) is 0 Å². The predicted octanol–water partition coefficient (Wildman–Crippen LogP) is 3.24. The molecule has 1 aliphatic rings. The summed E-state index contributed by atoms with van der Waals surface area (Å²) < 4.78 is 33.0. The van der Waals surface area contributed by atoms with Gasteiger partial charge in [0.2, 0.25) is 10.0 Å². The summed E-state index contributed by atoms with van der Waals surface area (Å²) in [6, 6.07) is 5.20. The van der Waals surface area contributed by atoms with Crippen molar-refractivity contribution in [3.8, 4) is 0 Å². The van der Waals surface area contributed by atoms with Crippen LogP contribution in [0.2, 0.25) is 0 Å². The fraction of sp³-hybridized carbons (Fsp3) is 0.571. The van der Waals surface area contributed by atoms with Crippen LogP contribution in [-0.2, 0) is 20.6 Å². The van der Waals surface area contributed by atoms with Gasteiger partial charge in [-0.25, -0.2) is 8.42 Å². The highest BCUT2D eigenvalue weighted by Gasteiger charge is 2.31. The van der Waals surface area contributed by atoms with Gasteiger partial charge in [0, 0.05) is 30.6 Å². The molecule has 1 heterocycles. The summed E-state index contributed by atoms with van der Waals surface area (Å²) in [5, 5.41) is 0. The fourth-order valence-electron chi connectivity index (χ4n) is 2.58. The van der Waals surface area contributed by atoms with Crippen LogP contribution in [0.3, 0.4) is 0 Å². The summed E-state index contributed by atoms with van der Waals surface area (Å²) in [6.45, 7) is 1.66. The predicted molar refractivity (Wildman–Crippen MR) is 87.1 cm³/mol. The second-order valence-corrected chi connectivity index (χ2v) is 8.25. The molecule has 0 aliphatic carbocycles. The summed E-state index contributed by atoms with van der Waals surface area (Å²) in [5.41, 5.74) is 0.795. The highest BCUT2D eigenvalue weighted by molar-refractivity contribution is 9.10. The first-order valence-corrected chi connectivity index (χ1v) is 9.59. The third-order valence-electron chi connectivity index (χ3n) is 3.65. The number of hydrogen-bond donors (Lipinski definition) is 0. The van der Waals surface area contributed by atoms with Crippen LogP contribution < -0.4 is 0 Å². The van der Waals surface area contributed by atoms with Gasteiger partial charge in [-0.1, -0.05) is 6.07 Å². The molecule has 1 aromatic rings. The van der Waals surface area contributed by atoms with Gasteiger partial charge in [-0.05, 0) is 52.4 Å². The molecule has 4 nitrogen and oxygen atoms in total. The van der Waals surface area contributed by atoms with E-state index in [0.717, 1.165) is 18.4 Å². The van der Waals surface area contributed by atoms with E-state index < -0.39 is 10.0 Å². The molecule has 0 bridgehead atoms. The molecule has 0 N–H and O–H groups in total. The van der Waals surface area contributed by atoms with E-state index in [-0.39, 0.29) is 5.92 Å². The number of benzene rings is 1. The molecular weight excluding hydrogens is 378 g/mol. The second kappa shape index (κ2) is 7.42. The molecule has 21 heavy (non-hydrogen) atoms. The number of methoxy groups -OCH3 is 1. The van der Waals surface area contributed by atoms with E-state index in [1.165, 1.54) is 0 Å². The molecule has 0 amide bonds. The van der Waals surface area contributed by atoms with Crippen molar-refractivity contribution in [1.82, 2.24) is 4.31 Å². The molecule has 2 rings (SSSR count). The Morgan fingerprint density at radius 3 is 2.90 bits per heavy atom. The minimum atomic E-state index is -3.50. The minimum absolute atomic E-state index is 0.258. The SMILES string of the molecule is COCC1CCCN(S(=O)(=O)c2cc(CCl)ccc2Br)C1. The molecular formula is C14H19BrClNO3S. The Balaban J connectivity index is 2.29. The fourth-order valence-corrected chi connectivity index (χ4v) is 5.28. The molecule has 1 atom stereocenters. The molecule has 7 heteroatoms. The zero-order valence-corrected chi connectivity index (χ0v) is 15.0. The van der Waals surface area contributed by atoms with Crippen LogP contribution >= 0.6 is 27.5 Å². The average Bonchev–Trinajstić information content (AvgIpc) is 2.48. The molecule has 118 valence electrons. The van der Waals surface area contributed by atoms with Crippen LogP contribution in [0.1, 0.15) is 18.4 Å². The van der Waals surface area contributed by atoms with Crippen LogP contribution in [0.15, 0.2) is 27.6 Å². The van der Waals surface area contributed by atoms with Crippen molar-refractivity contribution in [2.45, 2.75) is 23.6 Å². The number of hydrogen-bond acceptors (Lipinski definition) is 3. The minimum Gasteiger partial charge on any atom is -0.384 e. The van der Waals surface area contributed by atoms with Crippen molar-refractivity contribution < 1.29 is 13.2 Å². The summed E-state index contributed by atoms with van der Waals surface area (Å²) in [4.78, 5) is 0.290. The Bertz CT molecular complexity index is 592. The van der Waals surface area contributed by atoms with E-state index in [4.69, 9.17) is 16.3 Å². The molecule has 1 unspecified atom stereocenters. The zero-order valence-electron chi connectivity index (χ0n) is 11.9. The number of sulfonamides is 1. The molecule has 1 saturated heterocycles. The number of nitrogens with zero attached hydrogens (tertiary/aromatic N) is 1. The van der Waals surface area contributed by atoms with Gasteiger partial charge in [-0.15, -0.1) is 11.6 Å². The quantitative estimate of drug-likeness (QED) is 0.718. The third-order valence-corrected chi connectivity index (χ3v) is 6.82. The van der Waals surface area contributed by atoms with E-state index >= 15 is 0 Å². The lowest BCUT2D eigenvalue weighted by Gasteiger charge is -2.31. The molecule has 0 spiro atoms. The molecule has 0 saturated carbocycles. The van der Waals surface area contributed by atoms with Crippen molar-refractivity contribution in [3.05, 3.63) is 28.2 Å². The van der Waals surface area contributed by atoms with E-state index in [1.807, 2.05) is 6.07 Å². The summed E-state index contributed by atoms with van der Waals surface area (Å²) in [5.74, 6) is 0.552. The summed E-state index contributed by atoms with van der Waals surface area (Å²) in [6.07, 6.45) is 1.86. The first-order chi connectivity index (χ1) is 9.98. The van der Waals surface area contributed by atoms with Crippen molar-refractivity contribution >= 4 is 37.6 Å². The maximum Gasteiger partial charge on any atom is 0.244 e. The zero-order chi connectivity index (χ0) is 15.5. The smallest absolute Gasteiger partial charge is 0.244 e. The highest BCUT2D eigenvalue weighted by atomic mass is 79.9. The first kappa shape index (κ1) is 17.2. The van der Waals surface area contributed by atoms with Crippen LogP contribution in [0, 0.1) is 5.92 Å². The summed E-state index contributed by atoms with van der Waals surface area (Å²) in [7, 11) is -1.86. The van der Waals surface area contributed by atoms with Gasteiger partial charge in [0.25, 0.3) is 0 Å². The Morgan fingerprint density at radius 1 is 1.48 bits per heavy atom. The number of alkyl halides is 1. The lowest BCUT2D eigenvalue weighted by molar-refractivity contribution is 0.118. The third kappa shape index (κ3) is 3.99. The van der Waals surface area contributed by atoms with Crippen LogP contribution in [0.4, 0.5) is 0 Å². The van der Waals surface area contributed by atoms with Gasteiger partial charge in [0.05, 0.1) is 11.5 Å². The highest BCUT2D eigenvalue weighted by Crippen LogP contribution is 2.29. The Labute approximate surface area is 139 Å². The van der Waals surface area contributed by atoms with Gasteiger partial charge in [0.15, 0.2) is 0 Å². The Morgan fingerprint density at radius 2 is 2.24 bits per heavy atom. The van der Waals surface area contributed by atoms with Crippen molar-refractivity contribution in [1.29, 1.82) is 0 Å². The lowest BCUT2D eigenvalue weighted by Crippen LogP contribution is -2.41. The average molecular weight is 397 g/mol. The van der Waals surface area contributed by atoms with Gasteiger partial charge in [-0.3, -0.25) is 0 Å². The molecule has 0 aromatic heterocycles. The Kier molecular flexibility index (Phi) is 6.08. The van der Waals surface area contributed by atoms with Crippen molar-refractivity contribution in [2.75, 3.05) is 26.8 Å². The van der Waals surface area contributed by atoms with E-state index in [1.54, 1.807) is 23.5 Å². The van der Waals surface area contributed by atoms with Gasteiger partial charge in [-0.2, -0.15) is 4.31 Å². The number of halogens is 2. The topological polar surface area (TPSA) is 46.6 Å². The van der Waals surface area contributed by atoms with Crippen LogP contribution in [-0.4, -0.2) is 39.5 Å². The number of ether oxygens (including phenoxy) is 1. The normalized spacial score (nSPS) is 20.6. The largest absolute Gasteiger partial charge is 0.384 e. The standard InChI is InChI=1S/C14H19BrClNO3S/c1-20-10-12-3-2-6-17(9-12)21(18,19)14-7-11(8-16)4-5-13(14)15/h4-5,7,12H,2-3,6,8-10H2,1H3. The molecule has 1 fully saturated rings. The van der Waals surface area contributed by atoms with Crippen molar-refractivity contribution in [3.63, 3.8) is 0 Å². The van der Waals surface area contributed by atoms with Crippen molar-refractivity contribution in [2.24, 2.45) is 5.92 Å². The Hall–Kier alpha value is -0.140. The van der Waals surface area contributed by atoms with Gasteiger partial charge < -0.3 is 4.74 Å². The maximum absolute atomic E-state index is 12.8. The van der Waals surface area contributed by atoms with Gasteiger partial charge in [0.1, 0.15) is 0 Å². The van der Waals surface area contributed by atoms with E-state index in [9.17, 15) is 8.42 Å². The monoisotopic (exact) mass is 395 g/mol. The first-order valence-electron chi connectivity index (χ1n) is 6.82.